The Morgan fingerprint density at radius 3 is 2.55 bits per heavy atom. The van der Waals surface area contributed by atoms with Crippen LogP contribution < -0.4 is 5.32 Å². The molecule has 0 unspecified atom stereocenters. The number of hydrogen-bond acceptors (Lipinski definition) is 3. The van der Waals surface area contributed by atoms with Crippen molar-refractivity contribution < 1.29 is 14.0 Å². The van der Waals surface area contributed by atoms with E-state index in [1.807, 2.05) is 56.4 Å². The quantitative estimate of drug-likeness (QED) is 0.608. The minimum Gasteiger partial charge on any atom is -0.353 e. The summed E-state index contributed by atoms with van der Waals surface area (Å²) in [5.41, 5.74) is 2.69. The molecule has 1 aliphatic rings. The van der Waals surface area contributed by atoms with Crippen molar-refractivity contribution in [2.75, 3.05) is 13.1 Å². The Bertz CT molecular complexity index is 1130. The van der Waals surface area contributed by atoms with Gasteiger partial charge in [-0.05, 0) is 67.6 Å². The van der Waals surface area contributed by atoms with E-state index in [0.29, 0.717) is 31.5 Å². The van der Waals surface area contributed by atoms with E-state index in [1.165, 1.54) is 18.2 Å². The van der Waals surface area contributed by atoms with Gasteiger partial charge in [-0.2, -0.15) is 0 Å². The van der Waals surface area contributed by atoms with E-state index < -0.39 is 11.2 Å². The van der Waals surface area contributed by atoms with Crippen molar-refractivity contribution in [3.8, 4) is 11.1 Å². The van der Waals surface area contributed by atoms with E-state index >= 15 is 0 Å². The summed E-state index contributed by atoms with van der Waals surface area (Å²) < 4.78 is 13.6. The van der Waals surface area contributed by atoms with Crippen molar-refractivity contribution in [2.24, 2.45) is 5.41 Å². The number of carbonyl (C=O) groups is 2. The van der Waals surface area contributed by atoms with Crippen LogP contribution in [0.1, 0.15) is 36.2 Å². The monoisotopic (exact) mass is 445 g/mol. The van der Waals surface area contributed by atoms with Crippen LogP contribution in [0.5, 0.6) is 0 Å². The molecule has 2 aromatic carbocycles. The fourth-order valence-corrected chi connectivity index (χ4v) is 4.41. The predicted octanol–water partition coefficient (Wildman–Crippen LogP) is 4.49. The third kappa shape index (κ3) is 5.11. The molecule has 170 valence electrons. The Morgan fingerprint density at radius 1 is 1.09 bits per heavy atom. The van der Waals surface area contributed by atoms with E-state index in [1.54, 1.807) is 17.2 Å². The van der Waals surface area contributed by atoms with Crippen LogP contribution in [0.4, 0.5) is 4.39 Å². The van der Waals surface area contributed by atoms with Crippen molar-refractivity contribution in [3.05, 3.63) is 90.0 Å². The fourth-order valence-electron chi connectivity index (χ4n) is 4.41. The van der Waals surface area contributed by atoms with Gasteiger partial charge in [-0.15, -0.1) is 0 Å². The first-order chi connectivity index (χ1) is 15.9. The maximum Gasteiger partial charge on any atom is 0.253 e. The zero-order valence-electron chi connectivity index (χ0n) is 18.9. The van der Waals surface area contributed by atoms with E-state index in [2.05, 4.69) is 10.3 Å². The van der Waals surface area contributed by atoms with Crippen LogP contribution in [0.3, 0.4) is 0 Å². The van der Waals surface area contributed by atoms with Gasteiger partial charge in [0.25, 0.3) is 5.91 Å². The molecule has 1 atom stereocenters. The number of amides is 2. The van der Waals surface area contributed by atoms with Crippen LogP contribution in [-0.4, -0.2) is 40.8 Å². The average Bonchev–Trinajstić information content (AvgIpc) is 3.24. The largest absolute Gasteiger partial charge is 0.353 e. The summed E-state index contributed by atoms with van der Waals surface area (Å²) in [6, 6.07) is 17.7. The van der Waals surface area contributed by atoms with Crippen molar-refractivity contribution >= 4 is 11.8 Å². The van der Waals surface area contributed by atoms with E-state index in [0.717, 1.165) is 16.7 Å². The van der Waals surface area contributed by atoms with Crippen molar-refractivity contribution in [1.82, 2.24) is 15.2 Å². The second-order valence-electron chi connectivity index (χ2n) is 9.01. The first kappa shape index (κ1) is 22.6. The summed E-state index contributed by atoms with van der Waals surface area (Å²) in [5, 5.41) is 3.05. The van der Waals surface area contributed by atoms with Crippen LogP contribution in [0.15, 0.2) is 73.1 Å². The van der Waals surface area contributed by atoms with E-state index in [-0.39, 0.29) is 17.9 Å². The fraction of sp³-hybridized carbons (Fsp3) is 0.296. The van der Waals surface area contributed by atoms with Crippen molar-refractivity contribution in [3.63, 3.8) is 0 Å². The average molecular weight is 446 g/mol. The van der Waals surface area contributed by atoms with Gasteiger partial charge in [-0.25, -0.2) is 4.39 Å². The number of likely N-dealkylation sites (tertiary alicyclic amines) is 1. The predicted molar refractivity (Wildman–Crippen MR) is 126 cm³/mol. The lowest BCUT2D eigenvalue weighted by Gasteiger charge is -2.29. The van der Waals surface area contributed by atoms with Gasteiger partial charge in [-0.1, -0.05) is 36.4 Å². The number of nitrogens with one attached hydrogen (secondary N) is 1. The maximum absolute atomic E-state index is 13.6. The molecular weight excluding hydrogens is 417 g/mol. The molecule has 0 spiro atoms. The molecule has 4 rings (SSSR count). The molecule has 3 aromatic rings. The Morgan fingerprint density at radius 2 is 1.88 bits per heavy atom. The van der Waals surface area contributed by atoms with Crippen LogP contribution in [0, 0.1) is 11.2 Å². The van der Waals surface area contributed by atoms with Crippen LogP contribution >= 0.6 is 0 Å². The number of hydrogen-bond donors (Lipinski definition) is 1. The number of nitrogens with zero attached hydrogens (tertiary/aromatic N) is 2. The summed E-state index contributed by atoms with van der Waals surface area (Å²) in [7, 11) is 0. The van der Waals surface area contributed by atoms with Crippen LogP contribution in [0.25, 0.3) is 11.1 Å². The van der Waals surface area contributed by atoms with Crippen molar-refractivity contribution in [2.45, 2.75) is 32.7 Å². The number of aromatic nitrogens is 1. The number of benzene rings is 2. The summed E-state index contributed by atoms with van der Waals surface area (Å²) in [4.78, 5) is 32.2. The van der Waals surface area contributed by atoms with Gasteiger partial charge in [0.2, 0.25) is 5.91 Å². The molecule has 2 amide bonds. The smallest absolute Gasteiger partial charge is 0.253 e. The third-order valence-corrected chi connectivity index (χ3v) is 6.11. The molecule has 2 heterocycles. The Hall–Kier alpha value is -3.54. The molecule has 1 aliphatic heterocycles. The molecule has 0 bridgehead atoms. The minimum absolute atomic E-state index is 0.00435. The van der Waals surface area contributed by atoms with Gasteiger partial charge in [0.15, 0.2) is 0 Å². The summed E-state index contributed by atoms with van der Waals surface area (Å²) >= 11 is 0. The first-order valence-electron chi connectivity index (χ1n) is 11.2. The Labute approximate surface area is 193 Å². The topological polar surface area (TPSA) is 62.3 Å². The van der Waals surface area contributed by atoms with Gasteiger partial charge in [0, 0.05) is 37.1 Å². The highest BCUT2D eigenvalue weighted by atomic mass is 19.1. The zero-order valence-corrected chi connectivity index (χ0v) is 18.9. The summed E-state index contributed by atoms with van der Waals surface area (Å²) in [5.74, 6) is -0.749. The number of pyridine rings is 1. The molecule has 0 saturated carbocycles. The number of halogens is 1. The molecule has 1 N–H and O–H groups in total. The molecule has 0 aliphatic carbocycles. The normalized spacial score (nSPS) is 17.9. The van der Waals surface area contributed by atoms with Gasteiger partial charge in [-0.3, -0.25) is 14.6 Å². The standard InChI is InChI=1S/C27H28FN3O2/c1-19(2)30-26(33)27(12-14-31(18-27)25(32)22-5-3-7-24(28)15-22)16-20-8-10-21(11-9-20)23-6-4-13-29-17-23/h3-11,13,15,17,19H,12,14,16,18H2,1-2H3,(H,30,33)/t27-/m1/s1. The van der Waals surface area contributed by atoms with E-state index in [9.17, 15) is 14.0 Å². The molecule has 33 heavy (non-hydrogen) atoms. The molecule has 6 heteroatoms. The second-order valence-corrected chi connectivity index (χ2v) is 9.01. The van der Waals surface area contributed by atoms with Gasteiger partial charge < -0.3 is 10.2 Å². The lowest BCUT2D eigenvalue weighted by atomic mass is 9.79. The van der Waals surface area contributed by atoms with E-state index in [4.69, 9.17) is 0 Å². The highest BCUT2D eigenvalue weighted by Crippen LogP contribution is 2.36. The molecular formula is C27H28FN3O2. The second kappa shape index (κ2) is 9.53. The number of rotatable bonds is 6. The SMILES string of the molecule is CC(C)NC(=O)[C@@]1(Cc2ccc(-c3cccnc3)cc2)CCN(C(=O)c2cccc(F)c2)C1. The minimum atomic E-state index is -0.733. The molecule has 1 aromatic heterocycles. The maximum atomic E-state index is 13.6. The lowest BCUT2D eigenvalue weighted by Crippen LogP contribution is -2.47. The van der Waals surface area contributed by atoms with Crippen LogP contribution in [-0.2, 0) is 11.2 Å². The first-order valence-corrected chi connectivity index (χ1v) is 11.2. The highest BCUT2D eigenvalue weighted by Gasteiger charge is 2.46. The van der Waals surface area contributed by atoms with Crippen molar-refractivity contribution in [1.29, 1.82) is 0 Å². The summed E-state index contributed by atoms with van der Waals surface area (Å²) in [6.07, 6.45) is 4.63. The molecule has 0 radical (unpaired) electrons. The molecule has 5 nitrogen and oxygen atoms in total. The van der Waals surface area contributed by atoms with Gasteiger partial charge in [0.05, 0.1) is 5.41 Å². The van der Waals surface area contributed by atoms with Crippen LogP contribution in [0.2, 0.25) is 0 Å². The third-order valence-electron chi connectivity index (χ3n) is 6.11. The lowest BCUT2D eigenvalue weighted by molar-refractivity contribution is -0.130. The molecule has 1 fully saturated rings. The Balaban J connectivity index is 1.56. The zero-order chi connectivity index (χ0) is 23.4. The summed E-state index contributed by atoms with van der Waals surface area (Å²) in [6.45, 7) is 4.61. The highest BCUT2D eigenvalue weighted by molar-refractivity contribution is 5.95. The van der Waals surface area contributed by atoms with Gasteiger partial charge >= 0.3 is 0 Å². The molecule has 1 saturated heterocycles. The van der Waals surface area contributed by atoms with Gasteiger partial charge in [0.1, 0.15) is 5.82 Å². The number of carbonyl (C=O) groups excluding carboxylic acids is 2. The Kier molecular flexibility index (Phi) is 6.54.